The molecule has 0 spiro atoms. The highest BCUT2D eigenvalue weighted by Crippen LogP contribution is 2.44. The van der Waals surface area contributed by atoms with Crippen LogP contribution in [0.2, 0.25) is 0 Å². The molecule has 2 heterocycles. The number of aldehydes is 1. The van der Waals surface area contributed by atoms with Gasteiger partial charge in [-0.3, -0.25) is 4.79 Å². The fourth-order valence-corrected chi connectivity index (χ4v) is 5.67. The maximum atomic E-state index is 13.0. The Bertz CT molecular complexity index is 1610. The van der Waals surface area contributed by atoms with Gasteiger partial charge in [-0.2, -0.15) is 0 Å². The molecule has 2 aliphatic rings. The number of aromatic nitrogens is 1. The van der Waals surface area contributed by atoms with Crippen LogP contribution in [0, 0.1) is 0 Å². The molecule has 1 aliphatic carbocycles. The minimum Gasteiger partial charge on any atom is -0.449 e. The third-order valence-electron chi connectivity index (χ3n) is 8.57. The Labute approximate surface area is 240 Å². The largest absolute Gasteiger partial charge is 0.492 e. The predicted octanol–water partition coefficient (Wildman–Crippen LogP) is 6.53. The molecule has 7 nitrogen and oxygen atoms in total. The monoisotopic (exact) mass is 548 g/mol. The summed E-state index contributed by atoms with van der Waals surface area (Å²) < 4.78 is 18.4. The van der Waals surface area contributed by atoms with E-state index >= 15 is 0 Å². The van der Waals surface area contributed by atoms with Crippen LogP contribution in [-0.4, -0.2) is 48.8 Å². The number of hydrogen-bond donors (Lipinski definition) is 2. The van der Waals surface area contributed by atoms with Crippen LogP contribution in [0.4, 0.5) is 4.79 Å². The van der Waals surface area contributed by atoms with Gasteiger partial charge in [-0.1, -0.05) is 66.7 Å². The zero-order valence-corrected chi connectivity index (χ0v) is 23.7. The Morgan fingerprint density at radius 3 is 2.20 bits per heavy atom. The van der Waals surface area contributed by atoms with Gasteiger partial charge in [0.1, 0.15) is 6.61 Å². The molecule has 41 heavy (non-hydrogen) atoms. The molecule has 8 heteroatoms. The van der Waals surface area contributed by atoms with Crippen LogP contribution < -0.4 is 5.32 Å². The van der Waals surface area contributed by atoms with E-state index in [2.05, 4.69) is 34.6 Å². The summed E-state index contributed by atoms with van der Waals surface area (Å²) in [6.45, 7) is 8.31. The number of amides is 1. The Morgan fingerprint density at radius 1 is 0.927 bits per heavy atom. The van der Waals surface area contributed by atoms with Crippen LogP contribution in [0.1, 0.15) is 60.7 Å². The second-order valence-electron chi connectivity index (χ2n) is 11.6. The number of rotatable bonds is 7. The highest BCUT2D eigenvalue weighted by Gasteiger charge is 2.52. The molecule has 3 aromatic carbocycles. The van der Waals surface area contributed by atoms with Crippen molar-refractivity contribution in [2.75, 3.05) is 13.2 Å². The number of benzene rings is 3. The quantitative estimate of drug-likeness (QED) is 0.202. The van der Waals surface area contributed by atoms with Crippen molar-refractivity contribution in [1.29, 1.82) is 0 Å². The van der Waals surface area contributed by atoms with Crippen LogP contribution in [-0.2, 0) is 14.0 Å². The van der Waals surface area contributed by atoms with Crippen molar-refractivity contribution in [3.8, 4) is 11.1 Å². The van der Waals surface area contributed by atoms with Gasteiger partial charge in [0, 0.05) is 35.1 Å². The first-order valence-electron chi connectivity index (χ1n) is 13.9. The molecule has 1 saturated heterocycles. The van der Waals surface area contributed by atoms with Gasteiger partial charge in [-0.15, -0.1) is 0 Å². The molecule has 0 atom stereocenters. The van der Waals surface area contributed by atoms with Crippen molar-refractivity contribution in [1.82, 2.24) is 10.3 Å². The molecule has 0 radical (unpaired) electrons. The van der Waals surface area contributed by atoms with E-state index in [-0.39, 0.29) is 19.1 Å². The minimum absolute atomic E-state index is 0.0285. The van der Waals surface area contributed by atoms with Gasteiger partial charge < -0.3 is 24.3 Å². The normalized spacial score (nSPS) is 17.4. The topological polar surface area (TPSA) is 89.7 Å². The summed E-state index contributed by atoms with van der Waals surface area (Å²) in [5.74, 6) is -0.0285. The number of aromatic amines is 1. The number of ether oxygens (including phenoxy) is 1. The van der Waals surface area contributed by atoms with Crippen molar-refractivity contribution in [2.24, 2.45) is 0 Å². The van der Waals surface area contributed by atoms with E-state index in [4.69, 9.17) is 14.0 Å². The minimum atomic E-state index is -0.692. The van der Waals surface area contributed by atoms with Crippen molar-refractivity contribution >= 4 is 36.5 Å². The molecule has 1 aliphatic heterocycles. The number of alkyl carbamates (subject to hydrolysis) is 1. The second kappa shape index (κ2) is 10.4. The Morgan fingerprint density at radius 2 is 1.56 bits per heavy atom. The summed E-state index contributed by atoms with van der Waals surface area (Å²) in [5.41, 5.74) is 6.49. The van der Waals surface area contributed by atoms with Crippen LogP contribution >= 0.6 is 0 Å². The van der Waals surface area contributed by atoms with E-state index in [1.165, 1.54) is 11.1 Å². The SMILES string of the molecule is CC1(C)OB(C(=Cc2cccc3[nH]cc(C=O)c23)CNC(=O)OCC2c3ccccc3-c3ccccc32)OC1(C)C. The van der Waals surface area contributed by atoms with E-state index in [1.54, 1.807) is 6.20 Å². The lowest BCUT2D eigenvalue weighted by atomic mass is 9.76. The van der Waals surface area contributed by atoms with Crippen molar-refractivity contribution in [2.45, 2.75) is 44.8 Å². The first-order valence-corrected chi connectivity index (χ1v) is 13.9. The van der Waals surface area contributed by atoms with E-state index in [9.17, 15) is 9.59 Å². The van der Waals surface area contributed by atoms with Crippen LogP contribution in [0.5, 0.6) is 0 Å². The summed E-state index contributed by atoms with van der Waals surface area (Å²) in [6, 6.07) is 22.3. The van der Waals surface area contributed by atoms with Crippen LogP contribution in [0.3, 0.4) is 0 Å². The summed E-state index contributed by atoms with van der Waals surface area (Å²) in [5, 5.41) is 3.71. The lowest BCUT2D eigenvalue weighted by Gasteiger charge is -2.32. The summed E-state index contributed by atoms with van der Waals surface area (Å²) in [4.78, 5) is 27.9. The van der Waals surface area contributed by atoms with Crippen molar-refractivity contribution < 1.29 is 23.6 Å². The molecule has 208 valence electrons. The standard InChI is InChI=1S/C33H33BN2O5/c1-32(2)33(3,4)41-34(40-32)23(16-21-10-9-15-29-30(21)22(19-37)17-35-29)18-36-31(38)39-20-28-26-13-7-5-11-24(26)25-12-6-8-14-27(25)28/h5-17,19,28,35H,18,20H2,1-4H3,(H,36,38). The Kier molecular flexibility index (Phi) is 6.84. The van der Waals surface area contributed by atoms with Crippen molar-refractivity contribution in [3.05, 3.63) is 101 Å². The number of nitrogens with one attached hydrogen (secondary N) is 2. The molecular formula is C33H33BN2O5. The highest BCUT2D eigenvalue weighted by molar-refractivity contribution is 6.56. The Hall–Kier alpha value is -4.14. The number of carbonyl (C=O) groups excluding carboxylic acids is 2. The zero-order valence-electron chi connectivity index (χ0n) is 23.7. The molecule has 2 N–H and O–H groups in total. The highest BCUT2D eigenvalue weighted by atomic mass is 16.7. The predicted molar refractivity (Wildman–Crippen MR) is 161 cm³/mol. The lowest BCUT2D eigenvalue weighted by molar-refractivity contribution is 0.00578. The second-order valence-corrected chi connectivity index (χ2v) is 11.6. The summed E-state index contributed by atoms with van der Waals surface area (Å²) in [6.07, 6.45) is 3.93. The molecule has 1 aromatic heterocycles. The van der Waals surface area contributed by atoms with Gasteiger partial charge in [0.15, 0.2) is 6.29 Å². The average Bonchev–Trinajstić information content (AvgIpc) is 3.59. The molecule has 0 unspecified atom stereocenters. The van der Waals surface area contributed by atoms with E-state index in [0.29, 0.717) is 11.0 Å². The smallest absolute Gasteiger partial charge is 0.449 e. The number of hydrogen-bond acceptors (Lipinski definition) is 5. The maximum absolute atomic E-state index is 13.0. The molecular weight excluding hydrogens is 515 g/mol. The van der Waals surface area contributed by atoms with Crippen LogP contribution in [0.25, 0.3) is 28.1 Å². The number of H-pyrrole nitrogens is 1. The number of fused-ring (bicyclic) bond motifs is 4. The third-order valence-corrected chi connectivity index (χ3v) is 8.57. The van der Waals surface area contributed by atoms with Gasteiger partial charge in [0.2, 0.25) is 0 Å². The van der Waals surface area contributed by atoms with Gasteiger partial charge >= 0.3 is 13.2 Å². The van der Waals surface area contributed by atoms with E-state index in [0.717, 1.165) is 33.9 Å². The fraction of sp³-hybridized carbons (Fsp3) is 0.273. The van der Waals surface area contributed by atoms with Gasteiger partial charge in [-0.25, -0.2) is 4.79 Å². The lowest BCUT2D eigenvalue weighted by Crippen LogP contribution is -2.41. The van der Waals surface area contributed by atoms with E-state index < -0.39 is 24.4 Å². The van der Waals surface area contributed by atoms with E-state index in [1.807, 2.05) is 76.2 Å². The molecule has 6 rings (SSSR count). The Balaban J connectivity index is 1.23. The molecule has 1 fully saturated rings. The average molecular weight is 548 g/mol. The van der Waals surface area contributed by atoms with Gasteiger partial charge in [-0.05, 0) is 67.1 Å². The molecule has 4 aromatic rings. The molecule has 0 saturated carbocycles. The summed E-state index contributed by atoms with van der Waals surface area (Å²) >= 11 is 0. The van der Waals surface area contributed by atoms with Gasteiger partial charge in [0.05, 0.1) is 11.2 Å². The molecule has 1 amide bonds. The van der Waals surface area contributed by atoms with Gasteiger partial charge in [0.25, 0.3) is 0 Å². The first-order chi connectivity index (χ1) is 19.7. The number of carbonyl (C=O) groups is 2. The van der Waals surface area contributed by atoms with Crippen LogP contribution in [0.15, 0.2) is 78.4 Å². The van der Waals surface area contributed by atoms with Crippen molar-refractivity contribution in [3.63, 3.8) is 0 Å². The third kappa shape index (κ3) is 4.87. The molecule has 0 bridgehead atoms. The fourth-order valence-electron chi connectivity index (χ4n) is 5.67. The summed E-state index contributed by atoms with van der Waals surface area (Å²) in [7, 11) is -0.692. The first kappa shape index (κ1) is 27.1. The zero-order chi connectivity index (χ0) is 28.8. The maximum Gasteiger partial charge on any atom is 0.492 e.